The molecule has 0 radical (unpaired) electrons. The molecule has 3 N–H and O–H groups in total. The zero-order valence-corrected chi connectivity index (χ0v) is 6.98. The van der Waals surface area contributed by atoms with Gasteiger partial charge in [-0.2, -0.15) is 0 Å². The molecule has 70 valence electrons. The van der Waals surface area contributed by atoms with Gasteiger partial charge in [0.15, 0.2) is 0 Å². The Bertz CT molecular complexity index is 187. The lowest BCUT2D eigenvalue weighted by molar-refractivity contribution is -0.0948. The Morgan fingerprint density at radius 2 is 2.25 bits per heavy atom. The quantitative estimate of drug-likeness (QED) is 0.454. The van der Waals surface area contributed by atoms with E-state index in [-0.39, 0.29) is 12.6 Å². The summed E-state index contributed by atoms with van der Waals surface area (Å²) in [5.74, 6) is 0. The molecule has 3 atom stereocenters. The van der Waals surface area contributed by atoms with Crippen molar-refractivity contribution in [3.8, 4) is 0 Å². The standard InChI is InChI=1S/C8H15NO3/c10-5-8(12)6-2-1-3-9(6)4-7(8)11/h6-7,10-12H,1-5H2. The van der Waals surface area contributed by atoms with E-state index in [0.29, 0.717) is 6.54 Å². The van der Waals surface area contributed by atoms with Crippen LogP contribution in [0, 0.1) is 0 Å². The van der Waals surface area contributed by atoms with Gasteiger partial charge < -0.3 is 15.3 Å². The molecule has 0 spiro atoms. The molecule has 4 nitrogen and oxygen atoms in total. The number of aliphatic hydroxyl groups is 3. The molecule has 0 bridgehead atoms. The highest BCUT2D eigenvalue weighted by atomic mass is 16.4. The van der Waals surface area contributed by atoms with Gasteiger partial charge >= 0.3 is 0 Å². The van der Waals surface area contributed by atoms with Crippen molar-refractivity contribution in [1.82, 2.24) is 4.90 Å². The van der Waals surface area contributed by atoms with E-state index in [9.17, 15) is 10.2 Å². The van der Waals surface area contributed by atoms with E-state index in [4.69, 9.17) is 5.11 Å². The average Bonchev–Trinajstić information content (AvgIpc) is 2.57. The normalized spacial score (nSPS) is 48.2. The van der Waals surface area contributed by atoms with Crippen molar-refractivity contribution in [2.24, 2.45) is 0 Å². The highest BCUT2D eigenvalue weighted by Gasteiger charge is 2.53. The molecule has 3 unspecified atom stereocenters. The Balaban J connectivity index is 2.21. The summed E-state index contributed by atoms with van der Waals surface area (Å²) in [4.78, 5) is 2.06. The summed E-state index contributed by atoms with van der Waals surface area (Å²) in [5.41, 5.74) is -1.27. The first kappa shape index (κ1) is 8.44. The SMILES string of the molecule is OCC1(O)C(O)CN2CCCC21. The third-order valence-electron chi connectivity index (χ3n) is 3.18. The van der Waals surface area contributed by atoms with Gasteiger partial charge in [-0.1, -0.05) is 0 Å². The van der Waals surface area contributed by atoms with Gasteiger partial charge in [0, 0.05) is 12.6 Å². The molecular weight excluding hydrogens is 158 g/mol. The van der Waals surface area contributed by atoms with E-state index in [1.54, 1.807) is 0 Å². The van der Waals surface area contributed by atoms with Crippen LogP contribution in [0.3, 0.4) is 0 Å². The second kappa shape index (κ2) is 2.67. The Morgan fingerprint density at radius 3 is 2.92 bits per heavy atom. The topological polar surface area (TPSA) is 63.9 Å². The Morgan fingerprint density at radius 1 is 1.50 bits per heavy atom. The van der Waals surface area contributed by atoms with Gasteiger partial charge in [-0.3, -0.25) is 4.90 Å². The first-order chi connectivity index (χ1) is 5.68. The van der Waals surface area contributed by atoms with E-state index in [1.165, 1.54) is 0 Å². The van der Waals surface area contributed by atoms with Gasteiger partial charge in [-0.15, -0.1) is 0 Å². The molecule has 12 heavy (non-hydrogen) atoms. The van der Waals surface area contributed by atoms with E-state index in [0.717, 1.165) is 19.4 Å². The lowest BCUT2D eigenvalue weighted by atomic mass is 9.92. The van der Waals surface area contributed by atoms with E-state index in [1.807, 2.05) is 0 Å². The van der Waals surface area contributed by atoms with Crippen molar-refractivity contribution in [1.29, 1.82) is 0 Å². The molecule has 0 saturated carbocycles. The molecule has 4 heteroatoms. The van der Waals surface area contributed by atoms with Crippen LogP contribution in [-0.4, -0.2) is 57.7 Å². The highest BCUT2D eigenvalue weighted by Crippen LogP contribution is 2.35. The van der Waals surface area contributed by atoms with E-state index in [2.05, 4.69) is 4.90 Å². The Kier molecular flexibility index (Phi) is 1.88. The first-order valence-corrected chi connectivity index (χ1v) is 4.44. The van der Waals surface area contributed by atoms with Crippen molar-refractivity contribution in [3.63, 3.8) is 0 Å². The number of nitrogens with zero attached hydrogens (tertiary/aromatic N) is 1. The minimum absolute atomic E-state index is 0.0301. The first-order valence-electron chi connectivity index (χ1n) is 4.44. The molecule has 2 saturated heterocycles. The van der Waals surface area contributed by atoms with Gasteiger partial charge in [0.1, 0.15) is 5.60 Å². The Hall–Kier alpha value is -0.160. The zero-order chi connectivity index (χ0) is 8.77. The monoisotopic (exact) mass is 173 g/mol. The van der Waals surface area contributed by atoms with Crippen LogP contribution < -0.4 is 0 Å². The van der Waals surface area contributed by atoms with Crippen molar-refractivity contribution < 1.29 is 15.3 Å². The smallest absolute Gasteiger partial charge is 0.130 e. The van der Waals surface area contributed by atoms with Crippen molar-refractivity contribution in [3.05, 3.63) is 0 Å². The molecule has 2 aliphatic heterocycles. The predicted molar refractivity (Wildman–Crippen MR) is 42.6 cm³/mol. The van der Waals surface area contributed by atoms with Gasteiger partial charge in [-0.25, -0.2) is 0 Å². The van der Waals surface area contributed by atoms with Gasteiger partial charge in [-0.05, 0) is 19.4 Å². The highest BCUT2D eigenvalue weighted by molar-refractivity contribution is 5.07. The van der Waals surface area contributed by atoms with E-state index < -0.39 is 11.7 Å². The van der Waals surface area contributed by atoms with Crippen molar-refractivity contribution >= 4 is 0 Å². The van der Waals surface area contributed by atoms with Crippen LogP contribution in [0.2, 0.25) is 0 Å². The lowest BCUT2D eigenvalue weighted by Gasteiger charge is -2.29. The fraction of sp³-hybridized carbons (Fsp3) is 1.00. The van der Waals surface area contributed by atoms with Crippen LogP contribution in [0.4, 0.5) is 0 Å². The van der Waals surface area contributed by atoms with Crippen LogP contribution >= 0.6 is 0 Å². The fourth-order valence-corrected chi connectivity index (χ4v) is 2.42. The number of rotatable bonds is 1. The summed E-state index contributed by atoms with van der Waals surface area (Å²) >= 11 is 0. The summed E-state index contributed by atoms with van der Waals surface area (Å²) in [7, 11) is 0. The predicted octanol–water partition coefficient (Wildman–Crippen LogP) is -1.45. The maximum absolute atomic E-state index is 9.90. The number of fused-ring (bicyclic) bond motifs is 1. The fourth-order valence-electron chi connectivity index (χ4n) is 2.42. The second-order valence-electron chi connectivity index (χ2n) is 3.82. The molecule has 0 aliphatic carbocycles. The molecule has 2 fully saturated rings. The largest absolute Gasteiger partial charge is 0.393 e. The zero-order valence-electron chi connectivity index (χ0n) is 6.98. The molecule has 0 aromatic heterocycles. The second-order valence-corrected chi connectivity index (χ2v) is 3.82. The lowest BCUT2D eigenvalue weighted by Crippen LogP contribution is -2.50. The summed E-state index contributed by atoms with van der Waals surface area (Å²) in [6.07, 6.45) is 1.15. The number of hydrogen-bond acceptors (Lipinski definition) is 4. The van der Waals surface area contributed by atoms with E-state index >= 15 is 0 Å². The summed E-state index contributed by atoms with van der Waals surface area (Å²) in [6.45, 7) is 1.10. The van der Waals surface area contributed by atoms with Crippen LogP contribution in [0.25, 0.3) is 0 Å². The molecule has 0 aromatic carbocycles. The van der Waals surface area contributed by atoms with Crippen LogP contribution in [0.15, 0.2) is 0 Å². The minimum atomic E-state index is -1.27. The van der Waals surface area contributed by atoms with Crippen LogP contribution in [-0.2, 0) is 0 Å². The minimum Gasteiger partial charge on any atom is -0.393 e. The molecule has 2 heterocycles. The molecule has 0 amide bonds. The maximum atomic E-state index is 9.90. The number of hydrogen-bond donors (Lipinski definition) is 3. The van der Waals surface area contributed by atoms with Crippen molar-refractivity contribution in [2.45, 2.75) is 30.6 Å². The van der Waals surface area contributed by atoms with Crippen LogP contribution in [0.5, 0.6) is 0 Å². The van der Waals surface area contributed by atoms with Crippen molar-refractivity contribution in [2.75, 3.05) is 19.7 Å². The summed E-state index contributed by atoms with van der Waals surface area (Å²) in [6, 6.07) is -0.0301. The molecular formula is C8H15NO3. The van der Waals surface area contributed by atoms with Crippen LogP contribution in [0.1, 0.15) is 12.8 Å². The average molecular weight is 173 g/mol. The Labute approximate surface area is 71.4 Å². The molecule has 2 rings (SSSR count). The number of aliphatic hydroxyl groups excluding tert-OH is 2. The van der Waals surface area contributed by atoms with Gasteiger partial charge in [0.25, 0.3) is 0 Å². The summed E-state index contributed by atoms with van der Waals surface area (Å²) in [5, 5.41) is 28.4. The summed E-state index contributed by atoms with van der Waals surface area (Å²) < 4.78 is 0. The molecule has 0 aromatic rings. The van der Waals surface area contributed by atoms with Gasteiger partial charge in [0.05, 0.1) is 12.7 Å². The molecule has 2 aliphatic rings. The third-order valence-corrected chi connectivity index (χ3v) is 3.18. The third kappa shape index (κ3) is 0.925. The maximum Gasteiger partial charge on any atom is 0.130 e. The van der Waals surface area contributed by atoms with Gasteiger partial charge in [0.2, 0.25) is 0 Å².